The number of benzene rings is 1. The van der Waals surface area contributed by atoms with E-state index in [0.717, 1.165) is 35.8 Å². The first kappa shape index (κ1) is 17.5. The minimum Gasteiger partial charge on any atom is -0.321 e. The molecular weight excluding hydrogens is 376 g/mol. The molecule has 0 spiro atoms. The van der Waals surface area contributed by atoms with Gasteiger partial charge in [-0.25, -0.2) is 13.8 Å². The molecule has 4 rings (SSSR count). The van der Waals surface area contributed by atoms with Crippen molar-refractivity contribution < 1.29 is 13.6 Å². The number of rotatable bonds is 3. The molecule has 0 bridgehead atoms. The second-order valence-corrected chi connectivity index (χ2v) is 8.66. The number of amides is 1. The molecule has 0 aliphatic carbocycles. The minimum atomic E-state index is -0.548. The van der Waals surface area contributed by atoms with Gasteiger partial charge in [0, 0.05) is 10.6 Å². The van der Waals surface area contributed by atoms with Crippen LogP contribution in [0.15, 0.2) is 18.2 Å². The highest BCUT2D eigenvalue weighted by molar-refractivity contribution is 7.18. The fourth-order valence-corrected chi connectivity index (χ4v) is 5.19. The number of thiazole rings is 1. The number of piperidine rings is 1. The lowest BCUT2D eigenvalue weighted by Gasteiger charge is -2.21. The van der Waals surface area contributed by atoms with E-state index in [1.54, 1.807) is 13.0 Å². The van der Waals surface area contributed by atoms with Crippen molar-refractivity contribution in [2.24, 2.45) is 0 Å². The van der Waals surface area contributed by atoms with E-state index in [-0.39, 0.29) is 10.8 Å². The lowest BCUT2D eigenvalue weighted by molar-refractivity contribution is 0.102. The van der Waals surface area contributed by atoms with Crippen molar-refractivity contribution in [1.29, 1.82) is 0 Å². The van der Waals surface area contributed by atoms with Gasteiger partial charge in [-0.2, -0.15) is 0 Å². The van der Waals surface area contributed by atoms with E-state index in [4.69, 9.17) is 0 Å². The number of carbonyl (C=O) groups excluding carboxylic acids is 1. The van der Waals surface area contributed by atoms with Gasteiger partial charge in [0.2, 0.25) is 0 Å². The number of fused-ring (bicyclic) bond motifs is 1. The number of aromatic nitrogens is 1. The standard InChI is InChI=1S/C18H17F2N3OS2/c1-9-22-16-12(19)6-11(7-15(16)25-9)23-18(24)17-13(20)8-14(26-17)10-2-4-21-5-3-10/h6-8,10,21H,2-5H2,1H3,(H,23,24). The van der Waals surface area contributed by atoms with Crippen molar-refractivity contribution in [2.75, 3.05) is 18.4 Å². The van der Waals surface area contributed by atoms with Gasteiger partial charge in [0.1, 0.15) is 16.2 Å². The third kappa shape index (κ3) is 3.36. The van der Waals surface area contributed by atoms with Gasteiger partial charge in [-0.1, -0.05) is 0 Å². The molecule has 0 unspecified atom stereocenters. The van der Waals surface area contributed by atoms with Crippen LogP contribution in [0, 0.1) is 18.6 Å². The van der Waals surface area contributed by atoms with Crippen molar-refractivity contribution in [2.45, 2.75) is 25.7 Å². The molecule has 0 saturated carbocycles. The Kier molecular flexibility index (Phi) is 4.73. The largest absolute Gasteiger partial charge is 0.321 e. The van der Waals surface area contributed by atoms with E-state index >= 15 is 0 Å². The molecule has 1 aromatic carbocycles. The quantitative estimate of drug-likeness (QED) is 0.680. The molecular formula is C18H17F2N3OS2. The van der Waals surface area contributed by atoms with Gasteiger partial charge in [0.25, 0.3) is 5.91 Å². The number of hydrogen-bond donors (Lipinski definition) is 2. The lowest BCUT2D eigenvalue weighted by atomic mass is 9.96. The highest BCUT2D eigenvalue weighted by Crippen LogP contribution is 2.34. The number of aryl methyl sites for hydroxylation is 1. The van der Waals surface area contributed by atoms with E-state index in [1.165, 1.54) is 34.8 Å². The van der Waals surface area contributed by atoms with Crippen LogP contribution < -0.4 is 10.6 Å². The second kappa shape index (κ2) is 7.02. The van der Waals surface area contributed by atoms with Crippen molar-refractivity contribution in [1.82, 2.24) is 10.3 Å². The molecule has 1 saturated heterocycles. The monoisotopic (exact) mass is 393 g/mol. The third-order valence-corrected chi connectivity index (χ3v) is 6.66. The number of hydrogen-bond acceptors (Lipinski definition) is 5. The van der Waals surface area contributed by atoms with Gasteiger partial charge in [0.05, 0.1) is 9.71 Å². The molecule has 3 heterocycles. The van der Waals surface area contributed by atoms with E-state index in [9.17, 15) is 13.6 Å². The summed E-state index contributed by atoms with van der Waals surface area (Å²) in [7, 11) is 0. The first-order valence-corrected chi connectivity index (χ1v) is 10.0. The van der Waals surface area contributed by atoms with Crippen molar-refractivity contribution >= 4 is 44.5 Å². The Morgan fingerprint density at radius 2 is 1.96 bits per heavy atom. The number of halogens is 2. The molecule has 4 nitrogen and oxygen atoms in total. The molecule has 2 aromatic heterocycles. The predicted octanol–water partition coefficient (Wildman–Crippen LogP) is 4.66. The molecule has 2 N–H and O–H groups in total. The summed E-state index contributed by atoms with van der Waals surface area (Å²) in [4.78, 5) is 17.6. The van der Waals surface area contributed by atoms with Gasteiger partial charge >= 0.3 is 0 Å². The summed E-state index contributed by atoms with van der Waals surface area (Å²) in [6, 6.07) is 4.35. The summed E-state index contributed by atoms with van der Waals surface area (Å²) >= 11 is 2.54. The number of carbonyl (C=O) groups is 1. The van der Waals surface area contributed by atoms with Crippen molar-refractivity contribution in [3.8, 4) is 0 Å². The van der Waals surface area contributed by atoms with Crippen LogP contribution in [0.4, 0.5) is 14.5 Å². The zero-order valence-corrected chi connectivity index (χ0v) is 15.7. The smallest absolute Gasteiger partial charge is 0.268 e. The van der Waals surface area contributed by atoms with E-state index < -0.39 is 17.5 Å². The summed E-state index contributed by atoms with van der Waals surface area (Å²) in [6.45, 7) is 3.60. The van der Waals surface area contributed by atoms with E-state index in [1.807, 2.05) is 0 Å². The molecule has 1 aliphatic rings. The number of nitrogens with zero attached hydrogens (tertiary/aromatic N) is 1. The van der Waals surface area contributed by atoms with E-state index in [0.29, 0.717) is 15.9 Å². The maximum atomic E-state index is 14.3. The van der Waals surface area contributed by atoms with E-state index in [2.05, 4.69) is 15.6 Å². The zero-order chi connectivity index (χ0) is 18.3. The van der Waals surface area contributed by atoms with Crippen molar-refractivity contribution in [3.05, 3.63) is 44.6 Å². The molecule has 0 atom stereocenters. The van der Waals surface area contributed by atoms with Gasteiger partial charge in [-0.15, -0.1) is 22.7 Å². The maximum absolute atomic E-state index is 14.3. The average Bonchev–Trinajstić information content (AvgIpc) is 3.18. The van der Waals surface area contributed by atoms with Gasteiger partial charge < -0.3 is 10.6 Å². The fourth-order valence-electron chi connectivity index (χ4n) is 3.21. The molecule has 8 heteroatoms. The Balaban J connectivity index is 1.57. The van der Waals surface area contributed by atoms with Crippen molar-refractivity contribution in [3.63, 3.8) is 0 Å². The topological polar surface area (TPSA) is 54.0 Å². The summed E-state index contributed by atoms with van der Waals surface area (Å²) < 4.78 is 29.1. The molecule has 26 heavy (non-hydrogen) atoms. The molecule has 136 valence electrons. The summed E-state index contributed by atoms with van der Waals surface area (Å²) in [6.07, 6.45) is 1.88. The lowest BCUT2D eigenvalue weighted by Crippen LogP contribution is -2.26. The van der Waals surface area contributed by atoms with Crippen LogP contribution in [0.5, 0.6) is 0 Å². The van der Waals surface area contributed by atoms with Crippen LogP contribution in [0.3, 0.4) is 0 Å². The number of thiophene rings is 1. The molecule has 1 amide bonds. The van der Waals surface area contributed by atoms with Crippen LogP contribution in [-0.4, -0.2) is 24.0 Å². The van der Waals surface area contributed by atoms with Gasteiger partial charge in [0.15, 0.2) is 5.82 Å². The normalized spacial score (nSPS) is 15.5. The highest BCUT2D eigenvalue weighted by Gasteiger charge is 2.23. The highest BCUT2D eigenvalue weighted by atomic mass is 32.1. The predicted molar refractivity (Wildman–Crippen MR) is 101 cm³/mol. The van der Waals surface area contributed by atoms with Crippen LogP contribution >= 0.6 is 22.7 Å². The summed E-state index contributed by atoms with van der Waals surface area (Å²) in [5.41, 5.74) is 0.598. The molecule has 1 fully saturated rings. The maximum Gasteiger partial charge on any atom is 0.268 e. The molecule has 0 radical (unpaired) electrons. The molecule has 3 aromatic rings. The number of nitrogens with one attached hydrogen (secondary N) is 2. The van der Waals surface area contributed by atoms with Crippen LogP contribution in [-0.2, 0) is 0 Å². The fraction of sp³-hybridized carbons (Fsp3) is 0.333. The second-order valence-electron chi connectivity index (χ2n) is 6.34. The Labute approximate surface area is 157 Å². The minimum absolute atomic E-state index is 0.0412. The number of anilines is 1. The first-order valence-electron chi connectivity index (χ1n) is 8.39. The van der Waals surface area contributed by atoms with Gasteiger partial charge in [-0.05, 0) is 57.0 Å². The molecule has 1 aliphatic heterocycles. The first-order chi connectivity index (χ1) is 12.5. The van der Waals surface area contributed by atoms with Crippen LogP contribution in [0.1, 0.15) is 38.3 Å². The summed E-state index contributed by atoms with van der Waals surface area (Å²) in [5, 5.41) is 6.64. The Morgan fingerprint density at radius 1 is 1.19 bits per heavy atom. The summed E-state index contributed by atoms with van der Waals surface area (Å²) in [5.74, 6) is -1.28. The third-order valence-electron chi connectivity index (χ3n) is 4.47. The van der Waals surface area contributed by atoms with Gasteiger partial charge in [-0.3, -0.25) is 4.79 Å². The van der Waals surface area contributed by atoms with Crippen LogP contribution in [0.2, 0.25) is 0 Å². The Morgan fingerprint density at radius 3 is 2.73 bits per heavy atom. The zero-order valence-electron chi connectivity index (χ0n) is 14.1. The van der Waals surface area contributed by atoms with Crippen LogP contribution in [0.25, 0.3) is 10.2 Å². The Bertz CT molecular complexity index is 976. The Hall–Kier alpha value is -1.90. The average molecular weight is 393 g/mol. The SMILES string of the molecule is Cc1nc2c(F)cc(NC(=O)c3sc(C4CCNCC4)cc3F)cc2s1.